The average molecular weight is 543 g/mol. The Balaban J connectivity index is 1.24. The van der Waals surface area contributed by atoms with E-state index in [1.54, 1.807) is 30.2 Å². The van der Waals surface area contributed by atoms with E-state index in [0.29, 0.717) is 29.6 Å². The second-order valence-corrected chi connectivity index (χ2v) is 10.1. The minimum atomic E-state index is -0.579. The van der Waals surface area contributed by atoms with Gasteiger partial charge in [0, 0.05) is 42.4 Å². The summed E-state index contributed by atoms with van der Waals surface area (Å²) >= 11 is 1.55. The highest BCUT2D eigenvalue weighted by atomic mass is 32.2. The molecule has 1 aromatic heterocycles. The Morgan fingerprint density at radius 1 is 0.872 bits per heavy atom. The van der Waals surface area contributed by atoms with Crippen LogP contribution in [0.3, 0.4) is 0 Å². The van der Waals surface area contributed by atoms with E-state index in [-0.39, 0.29) is 24.8 Å². The summed E-state index contributed by atoms with van der Waals surface area (Å²) < 4.78 is 12.8. The number of carbonyl (C=O) groups is 1. The molecule has 1 saturated heterocycles. The maximum atomic E-state index is 12.4. The molecule has 0 aliphatic carbocycles. The van der Waals surface area contributed by atoms with Gasteiger partial charge in [0.25, 0.3) is 0 Å². The Morgan fingerprint density at radius 3 is 2.31 bits per heavy atom. The molecule has 0 saturated carbocycles. The van der Waals surface area contributed by atoms with Crippen LogP contribution in [0.1, 0.15) is 41.1 Å². The summed E-state index contributed by atoms with van der Waals surface area (Å²) in [6.07, 6.45) is 3.28. The van der Waals surface area contributed by atoms with E-state index in [2.05, 4.69) is 20.6 Å². The predicted molar refractivity (Wildman–Crippen MR) is 150 cm³/mol. The first kappa shape index (κ1) is 26.8. The number of thioether (sulfide) groups is 1. The summed E-state index contributed by atoms with van der Waals surface area (Å²) in [7, 11) is 0. The first-order valence-corrected chi connectivity index (χ1v) is 13.7. The van der Waals surface area contributed by atoms with Crippen molar-refractivity contribution < 1.29 is 19.4 Å². The number of aliphatic hydroxyl groups excluding tert-OH is 1. The molecule has 3 N–H and O–H groups in total. The second kappa shape index (κ2) is 13.3. The summed E-state index contributed by atoms with van der Waals surface area (Å²) in [4.78, 5) is 21.0. The third-order valence-electron chi connectivity index (χ3n) is 6.29. The molecule has 0 spiro atoms. The molecule has 9 heteroatoms. The number of aromatic nitrogens is 2. The van der Waals surface area contributed by atoms with Crippen LogP contribution in [0, 0.1) is 0 Å². The van der Waals surface area contributed by atoms with Crippen molar-refractivity contribution >= 4 is 23.5 Å². The minimum Gasteiger partial charge on any atom is -0.392 e. The molecular formula is C30H30N4O4S. The van der Waals surface area contributed by atoms with Gasteiger partial charge in [0.1, 0.15) is 0 Å². The quantitative estimate of drug-likeness (QED) is 0.186. The number of carbonyl (C=O) groups excluding carboxylic acids is 1. The zero-order valence-electron chi connectivity index (χ0n) is 21.3. The summed E-state index contributed by atoms with van der Waals surface area (Å²) in [5.74, 6) is 0.677. The first-order chi connectivity index (χ1) is 19.2. The number of anilines is 1. The van der Waals surface area contributed by atoms with Crippen molar-refractivity contribution in [2.75, 3.05) is 11.1 Å². The van der Waals surface area contributed by atoms with Crippen LogP contribution in [-0.2, 0) is 22.6 Å². The normalized spacial score (nSPS) is 18.8. The molecule has 0 radical (unpaired) electrons. The van der Waals surface area contributed by atoms with Crippen LogP contribution >= 0.6 is 11.8 Å². The van der Waals surface area contributed by atoms with Gasteiger partial charge in [-0.2, -0.15) is 0 Å². The zero-order chi connectivity index (χ0) is 26.9. The van der Waals surface area contributed by atoms with Crippen LogP contribution in [-0.4, -0.2) is 33.0 Å². The summed E-state index contributed by atoms with van der Waals surface area (Å²) in [5, 5.41) is 15.8. The predicted octanol–water partition coefficient (Wildman–Crippen LogP) is 5.63. The molecule has 3 atom stereocenters. The third kappa shape index (κ3) is 7.64. The number of hydrogen-bond acceptors (Lipinski definition) is 7. The van der Waals surface area contributed by atoms with Gasteiger partial charge in [0.2, 0.25) is 0 Å². The number of aliphatic hydroxyl groups is 1. The van der Waals surface area contributed by atoms with E-state index in [1.165, 1.54) is 0 Å². The van der Waals surface area contributed by atoms with Crippen LogP contribution in [0.4, 0.5) is 10.5 Å². The molecule has 2 heterocycles. The third-order valence-corrected chi connectivity index (χ3v) is 7.30. The lowest BCUT2D eigenvalue weighted by Crippen LogP contribution is -2.31. The molecule has 39 heavy (non-hydrogen) atoms. The molecule has 5 rings (SSSR count). The second-order valence-electron chi connectivity index (χ2n) is 9.11. The van der Waals surface area contributed by atoms with Crippen molar-refractivity contribution in [3.05, 3.63) is 120 Å². The number of nitrogens with zero attached hydrogens (tertiary/aromatic N) is 2. The van der Waals surface area contributed by atoms with Gasteiger partial charge in [0.15, 0.2) is 11.4 Å². The Hall–Kier alpha value is -3.76. The molecule has 8 nitrogen and oxygen atoms in total. The minimum absolute atomic E-state index is 0.00145. The Morgan fingerprint density at radius 2 is 1.59 bits per heavy atom. The van der Waals surface area contributed by atoms with Gasteiger partial charge in [-0.15, -0.1) is 0 Å². The number of benzene rings is 3. The van der Waals surface area contributed by atoms with E-state index in [1.807, 2.05) is 78.9 Å². The van der Waals surface area contributed by atoms with E-state index >= 15 is 0 Å². The number of nitrogens with one attached hydrogen (secondary N) is 2. The Labute approximate surface area is 231 Å². The standard InChI is InChI=1S/C30H30N4O4S/c35-19-22-7-9-23(10-8-22)27-17-26(20-39-30-31-15-4-16-32-30)37-28(38-27)24-11-13-25(14-12-24)34-29(36)33-18-21-5-2-1-3-6-21/h1-16,26-28,35H,17-20H2,(H2,33,34,36)/t26-,27+,28+/m1/s1. The Kier molecular flexibility index (Phi) is 9.18. The highest BCUT2D eigenvalue weighted by molar-refractivity contribution is 7.99. The molecule has 200 valence electrons. The van der Waals surface area contributed by atoms with Crippen molar-refractivity contribution in [2.45, 2.75) is 43.2 Å². The molecule has 1 aliphatic heterocycles. The van der Waals surface area contributed by atoms with Crippen molar-refractivity contribution in [2.24, 2.45) is 0 Å². The fraction of sp³-hybridized carbons (Fsp3) is 0.233. The SMILES string of the molecule is O=C(NCc1ccccc1)Nc1ccc([C@H]2O[C@@H](CSc3ncccn3)C[C@@H](c3ccc(CO)cc3)O2)cc1. The number of ether oxygens (including phenoxy) is 2. The van der Waals surface area contributed by atoms with Gasteiger partial charge in [-0.25, -0.2) is 14.8 Å². The lowest BCUT2D eigenvalue weighted by Gasteiger charge is -2.36. The van der Waals surface area contributed by atoms with Crippen molar-refractivity contribution in [3.8, 4) is 0 Å². The lowest BCUT2D eigenvalue weighted by atomic mass is 10.0. The molecule has 0 unspecified atom stereocenters. The number of rotatable bonds is 9. The van der Waals surface area contributed by atoms with Crippen LogP contribution in [0.5, 0.6) is 0 Å². The number of amides is 2. The van der Waals surface area contributed by atoms with Crippen LogP contribution in [0.25, 0.3) is 0 Å². The van der Waals surface area contributed by atoms with Gasteiger partial charge in [-0.1, -0.05) is 78.5 Å². The molecule has 1 fully saturated rings. The van der Waals surface area contributed by atoms with Crippen molar-refractivity contribution in [1.82, 2.24) is 15.3 Å². The van der Waals surface area contributed by atoms with E-state index in [9.17, 15) is 9.90 Å². The van der Waals surface area contributed by atoms with Gasteiger partial charge in [-0.05, 0) is 34.9 Å². The van der Waals surface area contributed by atoms with Gasteiger partial charge < -0.3 is 25.2 Å². The highest BCUT2D eigenvalue weighted by Gasteiger charge is 2.32. The van der Waals surface area contributed by atoms with Crippen molar-refractivity contribution in [3.63, 3.8) is 0 Å². The number of hydrogen-bond donors (Lipinski definition) is 3. The van der Waals surface area contributed by atoms with Gasteiger partial charge in [-0.3, -0.25) is 0 Å². The number of urea groups is 1. The topological polar surface area (TPSA) is 106 Å². The highest BCUT2D eigenvalue weighted by Crippen LogP contribution is 2.39. The van der Waals surface area contributed by atoms with E-state index in [4.69, 9.17) is 9.47 Å². The van der Waals surface area contributed by atoms with Crippen molar-refractivity contribution in [1.29, 1.82) is 0 Å². The van der Waals surface area contributed by atoms with E-state index in [0.717, 1.165) is 22.3 Å². The van der Waals surface area contributed by atoms with E-state index < -0.39 is 6.29 Å². The smallest absolute Gasteiger partial charge is 0.319 e. The average Bonchev–Trinajstić information content (AvgIpc) is 3.00. The molecule has 2 amide bonds. The Bertz CT molecular complexity index is 1320. The zero-order valence-corrected chi connectivity index (χ0v) is 22.1. The molecule has 4 aromatic rings. The van der Waals surface area contributed by atoms with Crippen LogP contribution in [0.15, 0.2) is 102 Å². The molecule has 0 bridgehead atoms. The van der Waals surface area contributed by atoms with Gasteiger partial charge in [0.05, 0.1) is 18.8 Å². The summed E-state index contributed by atoms with van der Waals surface area (Å²) in [6, 6.07) is 26.6. The first-order valence-electron chi connectivity index (χ1n) is 12.8. The lowest BCUT2D eigenvalue weighted by molar-refractivity contribution is -0.245. The van der Waals surface area contributed by atoms with Crippen LogP contribution in [0.2, 0.25) is 0 Å². The maximum absolute atomic E-state index is 12.4. The molecular weight excluding hydrogens is 512 g/mol. The summed E-state index contributed by atoms with van der Waals surface area (Å²) in [5.41, 5.74) is 4.44. The van der Waals surface area contributed by atoms with Gasteiger partial charge >= 0.3 is 6.03 Å². The summed E-state index contributed by atoms with van der Waals surface area (Å²) in [6.45, 7) is 0.446. The fourth-order valence-electron chi connectivity index (χ4n) is 4.23. The monoisotopic (exact) mass is 542 g/mol. The largest absolute Gasteiger partial charge is 0.392 e. The molecule has 1 aliphatic rings. The van der Waals surface area contributed by atoms with Crippen LogP contribution < -0.4 is 10.6 Å². The fourth-order valence-corrected chi connectivity index (χ4v) is 5.05. The maximum Gasteiger partial charge on any atom is 0.319 e. The molecule has 3 aromatic carbocycles.